The first-order valence-electron chi connectivity index (χ1n) is 11.1. The van der Waals surface area contributed by atoms with Gasteiger partial charge in [0.05, 0.1) is 11.8 Å². The summed E-state index contributed by atoms with van der Waals surface area (Å²) in [5.74, 6) is -1.67. The summed E-state index contributed by atoms with van der Waals surface area (Å²) < 4.78 is 5.07. The summed E-state index contributed by atoms with van der Waals surface area (Å²) in [6.45, 7) is -0.662. The normalized spacial score (nSPS) is 15.1. The third-order valence-corrected chi connectivity index (χ3v) is 5.94. The minimum Gasteiger partial charge on any atom is -0.451 e. The number of hydrogen-bond acceptors (Lipinski definition) is 7. The number of carbonyl (C=O) groups excluding carboxylic acids is 2. The van der Waals surface area contributed by atoms with Crippen molar-refractivity contribution in [2.45, 2.75) is 12.5 Å². The summed E-state index contributed by atoms with van der Waals surface area (Å²) >= 11 is 0. The van der Waals surface area contributed by atoms with E-state index in [1.165, 1.54) is 5.01 Å². The molecule has 0 spiro atoms. The molecule has 36 heavy (non-hydrogen) atoms. The van der Waals surface area contributed by atoms with Crippen LogP contribution in [0.2, 0.25) is 0 Å². The van der Waals surface area contributed by atoms with E-state index in [9.17, 15) is 19.2 Å². The number of hydrazone groups is 1. The van der Waals surface area contributed by atoms with Gasteiger partial charge in [-0.2, -0.15) is 5.10 Å². The van der Waals surface area contributed by atoms with E-state index in [-0.39, 0.29) is 0 Å². The number of fused-ring (bicyclic) bond motifs is 1. The molecule has 4 aromatic rings. The SMILES string of the molecule is Nc1c(C(=O)OCC(=O)N2N=C(c3ccc4ccccc4c3)CC2c2ccccc2)[nH]c(=O)[nH]c1=O. The van der Waals surface area contributed by atoms with Crippen LogP contribution in [0.1, 0.15) is 34.1 Å². The molecule has 0 bridgehead atoms. The number of nitrogens with two attached hydrogens (primary N) is 1. The Kier molecular flexibility index (Phi) is 5.91. The third-order valence-electron chi connectivity index (χ3n) is 5.94. The molecule has 10 nitrogen and oxygen atoms in total. The van der Waals surface area contributed by atoms with Crippen LogP contribution in [0, 0.1) is 0 Å². The zero-order valence-corrected chi connectivity index (χ0v) is 18.9. The highest BCUT2D eigenvalue weighted by Crippen LogP contribution is 2.33. The van der Waals surface area contributed by atoms with Crippen molar-refractivity contribution in [1.29, 1.82) is 0 Å². The van der Waals surface area contributed by atoms with Crippen LogP contribution in [0.5, 0.6) is 0 Å². The fourth-order valence-electron chi connectivity index (χ4n) is 4.14. The highest BCUT2D eigenvalue weighted by molar-refractivity contribution is 6.05. The van der Waals surface area contributed by atoms with E-state index in [0.29, 0.717) is 6.42 Å². The molecule has 2 heterocycles. The van der Waals surface area contributed by atoms with Crippen molar-refractivity contribution in [3.05, 3.63) is 110 Å². The second-order valence-electron chi connectivity index (χ2n) is 8.25. The van der Waals surface area contributed by atoms with E-state index >= 15 is 0 Å². The summed E-state index contributed by atoms with van der Waals surface area (Å²) in [6, 6.07) is 23.0. The highest BCUT2D eigenvalue weighted by Gasteiger charge is 2.33. The summed E-state index contributed by atoms with van der Waals surface area (Å²) in [5, 5.41) is 8.04. The summed E-state index contributed by atoms with van der Waals surface area (Å²) in [6.07, 6.45) is 0.469. The lowest BCUT2D eigenvalue weighted by Crippen LogP contribution is -2.33. The highest BCUT2D eigenvalue weighted by atomic mass is 16.5. The van der Waals surface area contributed by atoms with Crippen molar-refractivity contribution in [2.75, 3.05) is 12.3 Å². The number of nitrogen functional groups attached to an aromatic ring is 1. The van der Waals surface area contributed by atoms with E-state index in [1.807, 2.05) is 77.8 Å². The van der Waals surface area contributed by atoms with Crippen molar-refractivity contribution >= 4 is 34.0 Å². The topological polar surface area (TPSA) is 151 Å². The van der Waals surface area contributed by atoms with Crippen molar-refractivity contribution in [2.24, 2.45) is 5.10 Å². The number of hydrogen-bond donors (Lipinski definition) is 3. The molecular formula is C26H21N5O5. The van der Waals surface area contributed by atoms with Crippen LogP contribution in [0.4, 0.5) is 5.69 Å². The number of H-pyrrole nitrogens is 2. The summed E-state index contributed by atoms with van der Waals surface area (Å²) in [5.41, 5.74) is 5.18. The minimum absolute atomic E-state index is 0.400. The average molecular weight is 483 g/mol. The number of aromatic nitrogens is 2. The van der Waals surface area contributed by atoms with E-state index < -0.39 is 47.2 Å². The Balaban J connectivity index is 1.41. The molecule has 1 unspecified atom stereocenters. The van der Waals surface area contributed by atoms with Crippen LogP contribution in [-0.4, -0.2) is 39.2 Å². The van der Waals surface area contributed by atoms with Gasteiger partial charge in [0.2, 0.25) is 0 Å². The monoisotopic (exact) mass is 483 g/mol. The van der Waals surface area contributed by atoms with E-state index in [0.717, 1.165) is 27.6 Å². The van der Waals surface area contributed by atoms with Crippen molar-refractivity contribution in [3.63, 3.8) is 0 Å². The average Bonchev–Trinajstić information content (AvgIpc) is 3.35. The molecule has 1 amide bonds. The predicted octanol–water partition coefficient (Wildman–Crippen LogP) is 2.33. The van der Waals surface area contributed by atoms with Gasteiger partial charge in [-0.25, -0.2) is 14.6 Å². The maximum absolute atomic E-state index is 13.1. The molecule has 3 aromatic carbocycles. The van der Waals surface area contributed by atoms with Gasteiger partial charge in [0.1, 0.15) is 5.69 Å². The second-order valence-corrected chi connectivity index (χ2v) is 8.25. The van der Waals surface area contributed by atoms with Gasteiger partial charge >= 0.3 is 11.7 Å². The number of amides is 1. The third kappa shape index (κ3) is 4.39. The zero-order valence-electron chi connectivity index (χ0n) is 18.9. The second kappa shape index (κ2) is 9.34. The van der Waals surface area contributed by atoms with Crippen LogP contribution in [-0.2, 0) is 9.53 Å². The van der Waals surface area contributed by atoms with Crippen molar-refractivity contribution in [3.8, 4) is 0 Å². The maximum atomic E-state index is 13.1. The van der Waals surface area contributed by atoms with Crippen LogP contribution in [0.3, 0.4) is 0 Å². The number of nitrogens with one attached hydrogen (secondary N) is 2. The Bertz CT molecular complexity index is 1620. The first kappa shape index (κ1) is 22.8. The summed E-state index contributed by atoms with van der Waals surface area (Å²) in [4.78, 5) is 52.8. The van der Waals surface area contributed by atoms with Crippen LogP contribution < -0.4 is 17.0 Å². The number of carbonyl (C=O) groups is 2. The number of esters is 1. The van der Waals surface area contributed by atoms with Gasteiger partial charge in [0.15, 0.2) is 12.3 Å². The first-order valence-corrected chi connectivity index (χ1v) is 11.1. The molecule has 0 saturated heterocycles. The van der Waals surface area contributed by atoms with Crippen molar-refractivity contribution < 1.29 is 14.3 Å². The van der Waals surface area contributed by atoms with Crippen LogP contribution in [0.25, 0.3) is 10.8 Å². The number of rotatable bonds is 5. The molecule has 0 aliphatic carbocycles. The smallest absolute Gasteiger partial charge is 0.357 e. The lowest BCUT2D eigenvalue weighted by molar-refractivity contribution is -0.136. The van der Waals surface area contributed by atoms with Gasteiger partial charge in [-0.3, -0.25) is 19.6 Å². The van der Waals surface area contributed by atoms with Gasteiger partial charge < -0.3 is 10.5 Å². The number of aromatic amines is 2. The van der Waals surface area contributed by atoms with Crippen molar-refractivity contribution in [1.82, 2.24) is 15.0 Å². The molecular weight excluding hydrogens is 462 g/mol. The molecule has 1 atom stereocenters. The number of anilines is 1. The molecule has 10 heteroatoms. The molecule has 1 aliphatic rings. The summed E-state index contributed by atoms with van der Waals surface area (Å²) in [7, 11) is 0. The Morgan fingerprint density at radius 3 is 2.47 bits per heavy atom. The fourth-order valence-corrected chi connectivity index (χ4v) is 4.14. The lowest BCUT2D eigenvalue weighted by atomic mass is 9.97. The standard InChI is InChI=1S/C26H21N5O5/c27-22-23(28-26(35)29-24(22)33)25(34)36-14-21(32)31-20(16-7-2-1-3-8-16)13-19(30-31)18-11-10-15-6-4-5-9-17(15)12-18/h1-12,20H,13-14,27H2,(H2,28,29,33,35). The number of benzene rings is 3. The number of nitrogens with zero attached hydrogens (tertiary/aromatic N) is 2. The molecule has 1 aromatic heterocycles. The maximum Gasteiger partial charge on any atom is 0.357 e. The Hall–Kier alpha value is -4.99. The van der Waals surface area contributed by atoms with Gasteiger partial charge in [-0.05, 0) is 28.0 Å². The predicted molar refractivity (Wildman–Crippen MR) is 134 cm³/mol. The van der Waals surface area contributed by atoms with Crippen LogP contribution >= 0.6 is 0 Å². The van der Waals surface area contributed by atoms with Crippen LogP contribution in [0.15, 0.2) is 87.5 Å². The van der Waals surface area contributed by atoms with Gasteiger partial charge in [-0.15, -0.1) is 0 Å². The van der Waals surface area contributed by atoms with E-state index in [2.05, 4.69) is 10.1 Å². The molecule has 180 valence electrons. The van der Waals surface area contributed by atoms with Gasteiger partial charge in [0, 0.05) is 6.42 Å². The molecule has 4 N–H and O–H groups in total. The minimum atomic E-state index is -1.10. The molecule has 0 saturated carbocycles. The Morgan fingerprint density at radius 2 is 1.69 bits per heavy atom. The molecule has 0 fully saturated rings. The number of ether oxygens (including phenoxy) is 1. The molecule has 1 aliphatic heterocycles. The van der Waals surface area contributed by atoms with Gasteiger partial charge in [-0.1, -0.05) is 66.7 Å². The Morgan fingerprint density at radius 1 is 0.972 bits per heavy atom. The van der Waals surface area contributed by atoms with E-state index in [4.69, 9.17) is 10.5 Å². The quantitative estimate of drug-likeness (QED) is 0.371. The lowest BCUT2D eigenvalue weighted by Gasteiger charge is -2.21. The largest absolute Gasteiger partial charge is 0.451 e. The molecule has 5 rings (SSSR count). The first-order chi connectivity index (χ1) is 17.4. The Labute approximate surface area is 204 Å². The van der Waals surface area contributed by atoms with Gasteiger partial charge in [0.25, 0.3) is 11.5 Å². The fraction of sp³-hybridized carbons (Fsp3) is 0.115. The zero-order chi connectivity index (χ0) is 25.2. The van der Waals surface area contributed by atoms with E-state index in [1.54, 1.807) is 0 Å². The molecule has 0 radical (unpaired) electrons.